The van der Waals surface area contributed by atoms with Gasteiger partial charge in [-0.3, -0.25) is 9.59 Å². The second-order valence-corrected chi connectivity index (χ2v) is 7.69. The van der Waals surface area contributed by atoms with Crippen molar-refractivity contribution >= 4 is 17.6 Å². The minimum Gasteiger partial charge on any atom is -0.493 e. The van der Waals surface area contributed by atoms with E-state index in [2.05, 4.69) is 5.32 Å². The zero-order valence-electron chi connectivity index (χ0n) is 15.5. The third-order valence-corrected chi connectivity index (χ3v) is 6.20. The summed E-state index contributed by atoms with van der Waals surface area (Å²) in [6.45, 7) is 0. The van der Waals surface area contributed by atoms with Gasteiger partial charge in [0.15, 0.2) is 11.5 Å². The van der Waals surface area contributed by atoms with Gasteiger partial charge < -0.3 is 19.5 Å². The number of rotatable bonds is 5. The number of carbonyl (C=O) groups is 2. The highest BCUT2D eigenvalue weighted by Crippen LogP contribution is 2.57. The first kappa shape index (κ1) is 17.1. The monoisotopic (exact) mass is 379 g/mol. The van der Waals surface area contributed by atoms with Crippen molar-refractivity contribution in [3.8, 4) is 17.2 Å². The number of fused-ring (bicyclic) bond motifs is 1. The molecule has 6 heteroatoms. The predicted molar refractivity (Wildman–Crippen MR) is 101 cm³/mol. The van der Waals surface area contributed by atoms with Crippen LogP contribution in [0.2, 0.25) is 0 Å². The van der Waals surface area contributed by atoms with Crippen molar-refractivity contribution in [2.24, 2.45) is 23.7 Å². The Balaban J connectivity index is 1.27. The van der Waals surface area contributed by atoms with E-state index in [4.69, 9.17) is 14.2 Å². The molecule has 1 N–H and O–H groups in total. The molecule has 2 bridgehead atoms. The van der Waals surface area contributed by atoms with E-state index in [9.17, 15) is 9.59 Å². The van der Waals surface area contributed by atoms with Gasteiger partial charge in [-0.15, -0.1) is 0 Å². The summed E-state index contributed by atoms with van der Waals surface area (Å²) in [5, 5.41) is 2.96. The molecule has 5 rings (SSSR count). The summed E-state index contributed by atoms with van der Waals surface area (Å²) in [6, 6.07) is 14.6. The molecule has 1 aliphatic heterocycles. The lowest BCUT2D eigenvalue weighted by atomic mass is 9.79. The number of para-hydroxylation sites is 2. The van der Waals surface area contributed by atoms with Crippen molar-refractivity contribution in [1.29, 1.82) is 0 Å². The molecule has 2 aromatic rings. The Kier molecular flexibility index (Phi) is 4.00. The van der Waals surface area contributed by atoms with Gasteiger partial charge in [0.1, 0.15) is 11.9 Å². The van der Waals surface area contributed by atoms with Crippen LogP contribution in [0.15, 0.2) is 48.5 Å². The molecule has 28 heavy (non-hydrogen) atoms. The van der Waals surface area contributed by atoms with Crippen LogP contribution in [0.1, 0.15) is 12.8 Å². The molecule has 2 aliphatic carbocycles. The molecule has 0 radical (unpaired) electrons. The van der Waals surface area contributed by atoms with Crippen LogP contribution in [0.3, 0.4) is 0 Å². The van der Waals surface area contributed by atoms with Gasteiger partial charge in [-0.2, -0.15) is 0 Å². The Morgan fingerprint density at radius 3 is 2.57 bits per heavy atom. The lowest BCUT2D eigenvalue weighted by molar-refractivity contribution is -0.145. The molecule has 1 amide bonds. The molecule has 3 fully saturated rings. The van der Waals surface area contributed by atoms with Crippen molar-refractivity contribution in [2.45, 2.75) is 18.9 Å². The van der Waals surface area contributed by atoms with Crippen LogP contribution in [0, 0.1) is 23.7 Å². The van der Waals surface area contributed by atoms with Gasteiger partial charge in [0, 0.05) is 11.6 Å². The number of ether oxygens (including phenoxy) is 3. The van der Waals surface area contributed by atoms with E-state index in [0.29, 0.717) is 22.9 Å². The molecule has 5 atom stereocenters. The Hall–Kier alpha value is -3.02. The molecular formula is C22H21NO5. The van der Waals surface area contributed by atoms with Crippen LogP contribution in [-0.2, 0) is 14.3 Å². The number of amides is 1. The molecule has 6 nitrogen and oxygen atoms in total. The number of hydrogen-bond acceptors (Lipinski definition) is 5. The fraction of sp³-hybridized carbons (Fsp3) is 0.364. The van der Waals surface area contributed by atoms with Crippen LogP contribution in [0.25, 0.3) is 0 Å². The number of benzene rings is 2. The summed E-state index contributed by atoms with van der Waals surface area (Å²) in [4.78, 5) is 24.9. The molecule has 1 saturated heterocycles. The van der Waals surface area contributed by atoms with Gasteiger partial charge in [-0.25, -0.2) is 0 Å². The molecule has 0 unspecified atom stereocenters. The quantitative estimate of drug-likeness (QED) is 0.803. The molecule has 0 spiro atoms. The number of anilines is 1. The predicted octanol–water partition coefficient (Wildman–Crippen LogP) is 3.62. The minimum atomic E-state index is -0.277. The van der Waals surface area contributed by atoms with E-state index in [-0.39, 0.29) is 41.7 Å². The first-order chi connectivity index (χ1) is 13.6. The van der Waals surface area contributed by atoms with Crippen molar-refractivity contribution < 1.29 is 23.8 Å². The maximum Gasteiger partial charge on any atom is 0.310 e. The van der Waals surface area contributed by atoms with Crippen molar-refractivity contribution in [3.63, 3.8) is 0 Å². The van der Waals surface area contributed by atoms with E-state index in [0.717, 1.165) is 12.8 Å². The van der Waals surface area contributed by atoms with Gasteiger partial charge in [0.05, 0.1) is 18.9 Å². The van der Waals surface area contributed by atoms with E-state index in [1.807, 2.05) is 24.3 Å². The number of nitrogens with one attached hydrogen (secondary N) is 1. The first-order valence-electron chi connectivity index (χ1n) is 9.56. The maximum atomic E-state index is 12.8. The fourth-order valence-corrected chi connectivity index (χ4v) is 5.03. The second kappa shape index (κ2) is 6.55. The standard InChI is InChI=1S/C22H21NO5/c1-26-16-4-2-3-5-17(16)27-14-8-6-13(7-9-14)23-21(24)19-12-10-15-18(11-12)28-22(25)20(15)19/h2-9,12,15,18-20H,10-11H2,1H3,(H,23,24)/t12-,15+,18+,19-,20-/m1/s1. The van der Waals surface area contributed by atoms with Gasteiger partial charge in [0.2, 0.25) is 5.91 Å². The third kappa shape index (κ3) is 2.71. The van der Waals surface area contributed by atoms with Crippen LogP contribution in [0.4, 0.5) is 5.69 Å². The Morgan fingerprint density at radius 1 is 1.07 bits per heavy atom. The van der Waals surface area contributed by atoms with E-state index in [1.54, 1.807) is 31.4 Å². The largest absolute Gasteiger partial charge is 0.493 e. The summed E-state index contributed by atoms with van der Waals surface area (Å²) in [5.74, 6) is 1.56. The lowest BCUT2D eigenvalue weighted by Crippen LogP contribution is -2.35. The molecule has 1 heterocycles. The second-order valence-electron chi connectivity index (χ2n) is 7.69. The smallest absolute Gasteiger partial charge is 0.310 e. The molecule has 2 saturated carbocycles. The Morgan fingerprint density at radius 2 is 1.82 bits per heavy atom. The fourth-order valence-electron chi connectivity index (χ4n) is 5.03. The first-order valence-corrected chi connectivity index (χ1v) is 9.56. The van der Waals surface area contributed by atoms with Gasteiger partial charge in [-0.1, -0.05) is 12.1 Å². The highest BCUT2D eigenvalue weighted by atomic mass is 16.6. The number of methoxy groups -OCH3 is 1. The zero-order valence-corrected chi connectivity index (χ0v) is 15.5. The topological polar surface area (TPSA) is 73.9 Å². The van der Waals surface area contributed by atoms with Crippen molar-refractivity contribution in [1.82, 2.24) is 0 Å². The van der Waals surface area contributed by atoms with Crippen LogP contribution in [0.5, 0.6) is 17.2 Å². The normalized spacial score (nSPS) is 29.5. The molecular weight excluding hydrogens is 358 g/mol. The van der Waals surface area contributed by atoms with E-state index < -0.39 is 0 Å². The van der Waals surface area contributed by atoms with E-state index >= 15 is 0 Å². The summed E-state index contributed by atoms with van der Waals surface area (Å²) in [5.41, 5.74) is 0.683. The van der Waals surface area contributed by atoms with Crippen molar-refractivity contribution in [2.75, 3.05) is 12.4 Å². The van der Waals surface area contributed by atoms with Crippen LogP contribution >= 0.6 is 0 Å². The van der Waals surface area contributed by atoms with Crippen molar-refractivity contribution in [3.05, 3.63) is 48.5 Å². The summed E-state index contributed by atoms with van der Waals surface area (Å²) >= 11 is 0. The SMILES string of the molecule is COc1ccccc1Oc1ccc(NC(=O)[C@@H]2[C@@H]3C[C@@H]4[C@H]2C(=O)O[C@H]4C3)cc1. The van der Waals surface area contributed by atoms with E-state index in [1.165, 1.54) is 0 Å². The van der Waals surface area contributed by atoms with Gasteiger partial charge in [0.25, 0.3) is 0 Å². The highest BCUT2D eigenvalue weighted by molar-refractivity contribution is 5.97. The lowest BCUT2D eigenvalue weighted by Gasteiger charge is -2.23. The number of hydrogen-bond donors (Lipinski definition) is 1. The molecule has 2 aromatic carbocycles. The molecule has 144 valence electrons. The third-order valence-electron chi connectivity index (χ3n) is 6.20. The summed E-state index contributed by atoms with van der Waals surface area (Å²) in [7, 11) is 1.60. The molecule has 0 aromatic heterocycles. The van der Waals surface area contributed by atoms with Crippen LogP contribution < -0.4 is 14.8 Å². The number of carbonyl (C=O) groups excluding carboxylic acids is 2. The summed E-state index contributed by atoms with van der Waals surface area (Å²) in [6.07, 6.45) is 1.78. The van der Waals surface area contributed by atoms with Crippen LogP contribution in [-0.4, -0.2) is 25.1 Å². The number of esters is 1. The minimum absolute atomic E-state index is 0.0398. The average Bonchev–Trinajstić information content (AvgIpc) is 3.32. The maximum absolute atomic E-state index is 12.8. The average molecular weight is 379 g/mol. The summed E-state index contributed by atoms with van der Waals surface area (Å²) < 4.78 is 16.6. The van der Waals surface area contributed by atoms with Gasteiger partial charge >= 0.3 is 5.97 Å². The Bertz CT molecular complexity index is 923. The Labute approximate surface area is 162 Å². The zero-order chi connectivity index (χ0) is 19.3. The molecule has 3 aliphatic rings. The highest BCUT2D eigenvalue weighted by Gasteiger charge is 2.63. The van der Waals surface area contributed by atoms with Gasteiger partial charge in [-0.05, 0) is 55.2 Å².